The van der Waals surface area contributed by atoms with Gasteiger partial charge in [0.1, 0.15) is 18.5 Å². The predicted octanol–water partition coefficient (Wildman–Crippen LogP) is 4.04. The van der Waals surface area contributed by atoms with Gasteiger partial charge in [0.05, 0.1) is 6.04 Å². The van der Waals surface area contributed by atoms with Crippen LogP contribution < -0.4 is 10.5 Å². The van der Waals surface area contributed by atoms with Gasteiger partial charge in [-0.15, -0.1) is 5.10 Å². The number of anilines is 1. The SMILES string of the molecule is CC[C@@H](C)n1nc(OCc2cccc3ccccc23)c(C#N)c1N. The van der Waals surface area contributed by atoms with Gasteiger partial charge in [-0.2, -0.15) is 5.26 Å². The molecule has 0 radical (unpaired) electrons. The van der Waals surface area contributed by atoms with E-state index in [9.17, 15) is 5.26 Å². The number of nitriles is 1. The molecule has 2 N–H and O–H groups in total. The standard InChI is InChI=1S/C19H20N4O/c1-3-13(2)23-18(21)17(11-20)19(22-23)24-12-15-9-6-8-14-7-4-5-10-16(14)15/h4-10,13H,3,12,21H2,1-2H3/t13-/m1/s1. The second kappa shape index (κ2) is 6.63. The maximum atomic E-state index is 9.37. The van der Waals surface area contributed by atoms with Crippen molar-refractivity contribution < 1.29 is 4.74 Å². The van der Waals surface area contributed by atoms with Crippen LogP contribution in [0.1, 0.15) is 37.4 Å². The lowest BCUT2D eigenvalue weighted by Gasteiger charge is -2.10. The average Bonchev–Trinajstić information content (AvgIpc) is 2.94. The molecule has 0 spiro atoms. The molecule has 0 aliphatic carbocycles. The molecule has 0 aliphatic heterocycles. The fourth-order valence-corrected chi connectivity index (χ4v) is 2.71. The van der Waals surface area contributed by atoms with E-state index in [0.717, 1.165) is 22.8 Å². The normalized spacial score (nSPS) is 12.0. The number of nitrogens with zero attached hydrogens (tertiary/aromatic N) is 3. The number of aromatic nitrogens is 2. The number of hydrogen-bond acceptors (Lipinski definition) is 4. The van der Waals surface area contributed by atoms with Gasteiger partial charge >= 0.3 is 0 Å². The Morgan fingerprint density at radius 2 is 2.00 bits per heavy atom. The molecule has 0 aliphatic rings. The summed E-state index contributed by atoms with van der Waals surface area (Å²) in [6.07, 6.45) is 0.875. The van der Waals surface area contributed by atoms with E-state index in [1.807, 2.05) is 31.2 Å². The van der Waals surface area contributed by atoms with Crippen molar-refractivity contribution in [3.8, 4) is 11.9 Å². The minimum absolute atomic E-state index is 0.118. The van der Waals surface area contributed by atoms with E-state index in [0.29, 0.717) is 23.9 Å². The summed E-state index contributed by atoms with van der Waals surface area (Å²) in [7, 11) is 0. The third kappa shape index (κ3) is 2.79. The summed E-state index contributed by atoms with van der Waals surface area (Å²) in [5.74, 6) is 0.656. The summed E-state index contributed by atoms with van der Waals surface area (Å²) >= 11 is 0. The fraction of sp³-hybridized carbons (Fsp3) is 0.263. The van der Waals surface area contributed by atoms with E-state index in [1.54, 1.807) is 4.68 Å². The Kier molecular flexibility index (Phi) is 4.39. The van der Waals surface area contributed by atoms with Crippen LogP contribution in [0.3, 0.4) is 0 Å². The molecule has 122 valence electrons. The van der Waals surface area contributed by atoms with Crippen LogP contribution in [-0.2, 0) is 6.61 Å². The van der Waals surface area contributed by atoms with E-state index in [1.165, 1.54) is 0 Å². The lowest BCUT2D eigenvalue weighted by Crippen LogP contribution is -2.09. The monoisotopic (exact) mass is 320 g/mol. The van der Waals surface area contributed by atoms with Crippen molar-refractivity contribution in [2.45, 2.75) is 32.9 Å². The quantitative estimate of drug-likeness (QED) is 0.769. The Morgan fingerprint density at radius 3 is 2.75 bits per heavy atom. The van der Waals surface area contributed by atoms with Gasteiger partial charge in [-0.25, -0.2) is 4.68 Å². The first-order chi connectivity index (χ1) is 11.7. The van der Waals surface area contributed by atoms with E-state index in [2.05, 4.69) is 36.3 Å². The zero-order valence-electron chi connectivity index (χ0n) is 13.9. The lowest BCUT2D eigenvalue weighted by atomic mass is 10.1. The zero-order valence-corrected chi connectivity index (χ0v) is 13.9. The Bertz CT molecular complexity index is 902. The second-order valence-electron chi connectivity index (χ2n) is 5.81. The third-order valence-corrected chi connectivity index (χ3v) is 4.28. The van der Waals surface area contributed by atoms with Crippen LogP contribution in [0.5, 0.6) is 5.88 Å². The van der Waals surface area contributed by atoms with E-state index in [-0.39, 0.29) is 6.04 Å². The van der Waals surface area contributed by atoms with E-state index < -0.39 is 0 Å². The topological polar surface area (TPSA) is 76.9 Å². The van der Waals surface area contributed by atoms with Gasteiger partial charge in [0.25, 0.3) is 5.88 Å². The highest BCUT2D eigenvalue weighted by molar-refractivity contribution is 5.85. The number of benzene rings is 2. The number of rotatable bonds is 5. The summed E-state index contributed by atoms with van der Waals surface area (Å²) in [5.41, 5.74) is 7.40. The Balaban J connectivity index is 1.90. The van der Waals surface area contributed by atoms with Crippen molar-refractivity contribution in [2.75, 3.05) is 5.73 Å². The van der Waals surface area contributed by atoms with Crippen molar-refractivity contribution in [1.82, 2.24) is 9.78 Å². The summed E-state index contributed by atoms with van der Waals surface area (Å²) in [6.45, 7) is 4.40. The molecule has 0 amide bonds. The molecule has 3 aromatic rings. The minimum Gasteiger partial charge on any atom is -0.471 e. The first-order valence-corrected chi connectivity index (χ1v) is 8.03. The number of nitrogens with two attached hydrogens (primary N) is 1. The number of fused-ring (bicyclic) bond motifs is 1. The van der Waals surface area contributed by atoms with Crippen molar-refractivity contribution in [3.05, 3.63) is 53.6 Å². The molecule has 1 heterocycles. The van der Waals surface area contributed by atoms with Crippen LogP contribution in [0.4, 0.5) is 5.82 Å². The van der Waals surface area contributed by atoms with Crippen molar-refractivity contribution in [3.63, 3.8) is 0 Å². The van der Waals surface area contributed by atoms with Gasteiger partial charge in [-0.05, 0) is 29.7 Å². The number of hydrogen-bond donors (Lipinski definition) is 1. The first-order valence-electron chi connectivity index (χ1n) is 8.03. The molecule has 24 heavy (non-hydrogen) atoms. The summed E-state index contributed by atoms with van der Waals surface area (Å²) in [6, 6.07) is 16.4. The third-order valence-electron chi connectivity index (χ3n) is 4.28. The van der Waals surface area contributed by atoms with Crippen molar-refractivity contribution in [2.24, 2.45) is 0 Å². The molecule has 0 saturated carbocycles. The van der Waals surface area contributed by atoms with Crippen LogP contribution in [0, 0.1) is 11.3 Å². The molecule has 5 nitrogen and oxygen atoms in total. The molecular weight excluding hydrogens is 300 g/mol. The highest BCUT2D eigenvalue weighted by Crippen LogP contribution is 2.28. The molecule has 0 unspecified atom stereocenters. The summed E-state index contributed by atoms with van der Waals surface area (Å²) in [5, 5.41) is 16.1. The Labute approximate surface area is 141 Å². The highest BCUT2D eigenvalue weighted by atomic mass is 16.5. The number of ether oxygens (including phenoxy) is 1. The molecule has 5 heteroatoms. The van der Waals surface area contributed by atoms with Gasteiger partial charge in [0.2, 0.25) is 0 Å². The molecule has 0 bridgehead atoms. The van der Waals surface area contributed by atoms with Crippen LogP contribution in [0.15, 0.2) is 42.5 Å². The second-order valence-corrected chi connectivity index (χ2v) is 5.81. The van der Waals surface area contributed by atoms with Gasteiger partial charge < -0.3 is 10.5 Å². The molecule has 1 atom stereocenters. The summed E-state index contributed by atoms with van der Waals surface area (Å²) in [4.78, 5) is 0. The Hall–Kier alpha value is -3.00. The molecule has 3 rings (SSSR count). The van der Waals surface area contributed by atoms with Crippen molar-refractivity contribution >= 4 is 16.6 Å². The van der Waals surface area contributed by atoms with Crippen LogP contribution in [-0.4, -0.2) is 9.78 Å². The zero-order chi connectivity index (χ0) is 17.1. The fourth-order valence-electron chi connectivity index (χ4n) is 2.71. The van der Waals surface area contributed by atoms with E-state index >= 15 is 0 Å². The number of nitrogen functional groups attached to an aromatic ring is 1. The smallest absolute Gasteiger partial charge is 0.253 e. The largest absolute Gasteiger partial charge is 0.471 e. The molecule has 0 fully saturated rings. The molecule has 0 saturated heterocycles. The lowest BCUT2D eigenvalue weighted by molar-refractivity contribution is 0.287. The van der Waals surface area contributed by atoms with Gasteiger partial charge in [-0.1, -0.05) is 49.4 Å². The van der Waals surface area contributed by atoms with Crippen molar-refractivity contribution in [1.29, 1.82) is 5.26 Å². The van der Waals surface area contributed by atoms with Gasteiger partial charge in [0, 0.05) is 0 Å². The van der Waals surface area contributed by atoms with Crippen LogP contribution in [0.25, 0.3) is 10.8 Å². The molecular formula is C19H20N4O. The van der Waals surface area contributed by atoms with Crippen LogP contribution >= 0.6 is 0 Å². The Morgan fingerprint density at radius 1 is 1.25 bits per heavy atom. The molecule has 2 aromatic carbocycles. The minimum atomic E-state index is 0.118. The summed E-state index contributed by atoms with van der Waals surface area (Å²) < 4.78 is 7.51. The highest BCUT2D eigenvalue weighted by Gasteiger charge is 2.19. The van der Waals surface area contributed by atoms with Gasteiger partial charge in [0.15, 0.2) is 5.56 Å². The average molecular weight is 320 g/mol. The maximum Gasteiger partial charge on any atom is 0.253 e. The van der Waals surface area contributed by atoms with E-state index in [4.69, 9.17) is 10.5 Å². The maximum absolute atomic E-state index is 9.37. The predicted molar refractivity (Wildman–Crippen MR) is 94.6 cm³/mol. The molecule has 1 aromatic heterocycles. The van der Waals surface area contributed by atoms with Crippen LogP contribution in [0.2, 0.25) is 0 Å². The first kappa shape index (κ1) is 15.9. The van der Waals surface area contributed by atoms with Gasteiger partial charge in [-0.3, -0.25) is 0 Å².